The molecule has 1 atom stereocenters. The molecule has 1 saturated heterocycles. The van der Waals surface area contributed by atoms with Crippen molar-refractivity contribution in [1.29, 1.82) is 0 Å². The molecule has 0 radical (unpaired) electrons. The fraction of sp³-hybridized carbons (Fsp3) is 0.722. The maximum absolute atomic E-state index is 11.8. The molecule has 4 aliphatic rings. The fourth-order valence-electron chi connectivity index (χ4n) is 4.70. The first-order valence-electron chi connectivity index (χ1n) is 9.33. The summed E-state index contributed by atoms with van der Waals surface area (Å²) in [7, 11) is 0. The van der Waals surface area contributed by atoms with E-state index in [0.29, 0.717) is 11.7 Å². The maximum Gasteiger partial charge on any atom is 0.345 e. The summed E-state index contributed by atoms with van der Waals surface area (Å²) in [6.45, 7) is 7.27. The van der Waals surface area contributed by atoms with Crippen molar-refractivity contribution in [1.82, 2.24) is 14.9 Å². The first kappa shape index (κ1) is 17.5. The number of hydrogen-bond donors (Lipinski definition) is 2. The van der Waals surface area contributed by atoms with Gasteiger partial charge in [0, 0.05) is 24.7 Å². The fourth-order valence-corrected chi connectivity index (χ4v) is 4.70. The van der Waals surface area contributed by atoms with Crippen LogP contribution < -0.4 is 10.1 Å². The summed E-state index contributed by atoms with van der Waals surface area (Å²) in [6, 6.07) is 0.234. The molecule has 1 unspecified atom stereocenters. The standard InChI is InChI=1S/C18H26N4O4/c1-11(2)26-16-14(17(23)24)15(19-10-20-16)21-13-9-18(7-12(13)8-18)22-3-5-25-6-4-22/h10-13H,3-9H2,1-2H3,(H,23,24)(H,19,20,21). The largest absolute Gasteiger partial charge is 0.477 e. The van der Waals surface area contributed by atoms with Crippen LogP contribution in [0.3, 0.4) is 0 Å². The number of rotatable bonds is 6. The van der Waals surface area contributed by atoms with Crippen molar-refractivity contribution in [3.8, 4) is 5.88 Å². The molecule has 1 aromatic rings. The monoisotopic (exact) mass is 362 g/mol. The number of aromatic nitrogens is 2. The van der Waals surface area contributed by atoms with Gasteiger partial charge < -0.3 is 19.9 Å². The number of aromatic carboxylic acids is 1. The van der Waals surface area contributed by atoms with Crippen LogP contribution in [0.25, 0.3) is 0 Å². The third kappa shape index (κ3) is 3.01. The van der Waals surface area contributed by atoms with Crippen LogP contribution in [0.1, 0.15) is 43.5 Å². The predicted octanol–water partition coefficient (Wildman–Crippen LogP) is 1.63. The molecule has 2 N–H and O–H groups in total. The number of carboxylic acid groups (broad SMARTS) is 1. The summed E-state index contributed by atoms with van der Waals surface area (Å²) in [6.07, 6.45) is 4.55. The van der Waals surface area contributed by atoms with E-state index in [9.17, 15) is 9.90 Å². The molecule has 0 spiro atoms. The molecule has 8 nitrogen and oxygen atoms in total. The van der Waals surface area contributed by atoms with E-state index < -0.39 is 5.97 Å². The minimum Gasteiger partial charge on any atom is -0.477 e. The highest BCUT2D eigenvalue weighted by Crippen LogP contribution is 2.56. The highest BCUT2D eigenvalue weighted by molar-refractivity contribution is 5.95. The van der Waals surface area contributed by atoms with Crippen LogP contribution in [-0.4, -0.2) is 69.9 Å². The van der Waals surface area contributed by atoms with Gasteiger partial charge in [-0.05, 0) is 39.0 Å². The lowest BCUT2D eigenvalue weighted by molar-refractivity contribution is -0.0493. The highest BCUT2D eigenvalue weighted by Gasteiger charge is 2.59. The molecule has 1 aromatic heterocycles. The van der Waals surface area contributed by atoms with Gasteiger partial charge in [0.05, 0.1) is 19.3 Å². The van der Waals surface area contributed by atoms with Gasteiger partial charge in [-0.1, -0.05) is 0 Å². The van der Waals surface area contributed by atoms with Gasteiger partial charge in [0.25, 0.3) is 0 Å². The Kier molecular flexibility index (Phi) is 4.48. The van der Waals surface area contributed by atoms with Crippen molar-refractivity contribution in [3.05, 3.63) is 11.9 Å². The first-order valence-corrected chi connectivity index (χ1v) is 9.33. The smallest absolute Gasteiger partial charge is 0.345 e. The number of morpholine rings is 1. The van der Waals surface area contributed by atoms with Crippen molar-refractivity contribution in [2.75, 3.05) is 31.6 Å². The Hall–Kier alpha value is -1.93. The Labute approximate surface area is 152 Å². The number of ether oxygens (including phenoxy) is 2. The molecule has 26 heavy (non-hydrogen) atoms. The van der Waals surface area contributed by atoms with E-state index in [1.165, 1.54) is 6.33 Å². The van der Waals surface area contributed by atoms with Crippen molar-refractivity contribution in [2.45, 2.75) is 50.8 Å². The number of nitrogens with one attached hydrogen (secondary N) is 1. The summed E-state index contributed by atoms with van der Waals surface area (Å²) < 4.78 is 11.0. The minimum atomic E-state index is -1.07. The second-order valence-corrected chi connectivity index (χ2v) is 7.82. The van der Waals surface area contributed by atoms with Gasteiger partial charge in [-0.25, -0.2) is 14.8 Å². The first-order chi connectivity index (χ1) is 12.5. The van der Waals surface area contributed by atoms with Crippen molar-refractivity contribution < 1.29 is 19.4 Å². The quantitative estimate of drug-likeness (QED) is 0.788. The normalized spacial score (nSPS) is 30.9. The molecule has 1 aliphatic heterocycles. The van der Waals surface area contributed by atoms with Crippen molar-refractivity contribution in [2.24, 2.45) is 5.92 Å². The molecule has 5 rings (SSSR count). The Bertz CT molecular complexity index is 684. The van der Waals surface area contributed by atoms with Crippen LogP contribution in [0, 0.1) is 5.92 Å². The van der Waals surface area contributed by atoms with E-state index in [2.05, 4.69) is 20.2 Å². The number of carbonyl (C=O) groups is 1. The van der Waals surface area contributed by atoms with Crippen molar-refractivity contribution >= 4 is 11.8 Å². The van der Waals surface area contributed by atoms with E-state index >= 15 is 0 Å². The molecular formula is C18H26N4O4. The van der Waals surface area contributed by atoms with Gasteiger partial charge in [-0.2, -0.15) is 0 Å². The zero-order valence-corrected chi connectivity index (χ0v) is 15.3. The van der Waals surface area contributed by atoms with Gasteiger partial charge in [0.15, 0.2) is 5.56 Å². The molecule has 4 fully saturated rings. The molecule has 142 valence electrons. The predicted molar refractivity (Wildman–Crippen MR) is 94.6 cm³/mol. The molecule has 3 aliphatic carbocycles. The van der Waals surface area contributed by atoms with Crippen LogP contribution in [0.4, 0.5) is 5.82 Å². The van der Waals surface area contributed by atoms with Crippen LogP contribution in [0.2, 0.25) is 0 Å². The summed E-state index contributed by atoms with van der Waals surface area (Å²) in [5, 5.41) is 13.0. The van der Waals surface area contributed by atoms with Crippen LogP contribution in [0.15, 0.2) is 6.33 Å². The maximum atomic E-state index is 11.8. The van der Waals surface area contributed by atoms with Gasteiger partial charge in [-0.3, -0.25) is 4.90 Å². The lowest BCUT2D eigenvalue weighted by atomic mass is 9.75. The minimum absolute atomic E-state index is 0.0192. The Morgan fingerprint density at radius 2 is 2.08 bits per heavy atom. The second kappa shape index (κ2) is 6.66. The number of anilines is 1. The van der Waals surface area contributed by atoms with Gasteiger partial charge >= 0.3 is 5.97 Å². The van der Waals surface area contributed by atoms with Gasteiger partial charge in [0.2, 0.25) is 5.88 Å². The summed E-state index contributed by atoms with van der Waals surface area (Å²) >= 11 is 0. The van der Waals surface area contributed by atoms with E-state index in [1.807, 2.05) is 13.8 Å². The zero-order chi connectivity index (χ0) is 18.3. The summed E-state index contributed by atoms with van der Waals surface area (Å²) in [5.74, 6) is -0.0306. The van der Waals surface area contributed by atoms with Gasteiger partial charge in [0.1, 0.15) is 12.1 Å². The molecule has 2 heterocycles. The topological polar surface area (TPSA) is 96.8 Å². The molecule has 8 heteroatoms. The average Bonchev–Trinajstić information content (AvgIpc) is 3.10. The second-order valence-electron chi connectivity index (χ2n) is 7.82. The zero-order valence-electron chi connectivity index (χ0n) is 15.3. The van der Waals surface area contributed by atoms with E-state index in [1.54, 1.807) is 0 Å². The molecule has 3 saturated carbocycles. The Balaban J connectivity index is 1.51. The third-order valence-electron chi connectivity index (χ3n) is 5.83. The average molecular weight is 362 g/mol. The number of fused-ring (bicyclic) bond motifs is 1. The number of nitrogens with zero attached hydrogens (tertiary/aromatic N) is 3. The highest BCUT2D eigenvalue weighted by atomic mass is 16.5. The number of carboxylic acids is 1. The summed E-state index contributed by atoms with van der Waals surface area (Å²) in [4.78, 5) is 22.6. The molecule has 0 amide bonds. The van der Waals surface area contributed by atoms with Crippen LogP contribution in [0.5, 0.6) is 5.88 Å². The van der Waals surface area contributed by atoms with E-state index in [-0.39, 0.29) is 29.1 Å². The summed E-state index contributed by atoms with van der Waals surface area (Å²) in [5.41, 5.74) is 0.269. The van der Waals surface area contributed by atoms with Crippen LogP contribution in [-0.2, 0) is 4.74 Å². The lowest BCUT2D eigenvalue weighted by Gasteiger charge is -2.49. The van der Waals surface area contributed by atoms with Gasteiger partial charge in [-0.15, -0.1) is 0 Å². The molecule has 2 bridgehead atoms. The lowest BCUT2D eigenvalue weighted by Crippen LogP contribution is -2.56. The Morgan fingerprint density at radius 1 is 1.35 bits per heavy atom. The molecular weight excluding hydrogens is 336 g/mol. The third-order valence-corrected chi connectivity index (χ3v) is 5.83. The molecule has 0 aromatic carbocycles. The SMILES string of the molecule is CC(C)Oc1ncnc(NC2CC3(N4CCOCC4)CC2C3)c1C(=O)O. The Morgan fingerprint density at radius 3 is 2.73 bits per heavy atom. The van der Waals surface area contributed by atoms with Crippen molar-refractivity contribution in [3.63, 3.8) is 0 Å². The van der Waals surface area contributed by atoms with E-state index in [0.717, 1.165) is 45.6 Å². The number of hydrogen-bond acceptors (Lipinski definition) is 7. The van der Waals surface area contributed by atoms with E-state index in [4.69, 9.17) is 9.47 Å². The van der Waals surface area contributed by atoms with Crippen LogP contribution >= 0.6 is 0 Å².